The van der Waals surface area contributed by atoms with E-state index in [1.807, 2.05) is 43.3 Å². The van der Waals surface area contributed by atoms with Gasteiger partial charge in [0.15, 0.2) is 11.5 Å². The van der Waals surface area contributed by atoms with Crippen LogP contribution in [0.3, 0.4) is 0 Å². The highest BCUT2D eigenvalue weighted by atomic mass is 16.5. The average Bonchev–Trinajstić information content (AvgIpc) is 2.82. The van der Waals surface area contributed by atoms with Crippen molar-refractivity contribution >= 4 is 17.6 Å². The maximum atomic E-state index is 13.2. The molecule has 0 fully saturated rings. The second kappa shape index (κ2) is 10.7. The third-order valence-electron chi connectivity index (χ3n) is 5.49. The zero-order valence-electron chi connectivity index (χ0n) is 19.1. The number of rotatable bonds is 8. The first-order chi connectivity index (χ1) is 15.5. The van der Waals surface area contributed by atoms with E-state index < -0.39 is 0 Å². The van der Waals surface area contributed by atoms with E-state index >= 15 is 0 Å². The Morgan fingerprint density at radius 3 is 2.38 bits per heavy atom. The Hall–Kier alpha value is -3.42. The molecule has 0 aliphatic carbocycles. The van der Waals surface area contributed by atoms with Crippen LogP contribution in [0, 0.1) is 0 Å². The van der Waals surface area contributed by atoms with E-state index in [0.717, 1.165) is 16.9 Å². The van der Waals surface area contributed by atoms with E-state index in [0.29, 0.717) is 49.7 Å². The van der Waals surface area contributed by atoms with E-state index in [2.05, 4.69) is 10.6 Å². The van der Waals surface area contributed by atoms with Gasteiger partial charge in [-0.3, -0.25) is 4.79 Å². The quantitative estimate of drug-likeness (QED) is 0.651. The van der Waals surface area contributed by atoms with Crippen LogP contribution in [0.5, 0.6) is 17.2 Å². The van der Waals surface area contributed by atoms with Crippen LogP contribution in [0.4, 0.5) is 10.5 Å². The zero-order valence-corrected chi connectivity index (χ0v) is 19.1. The molecule has 2 aromatic rings. The van der Waals surface area contributed by atoms with Crippen molar-refractivity contribution in [3.05, 3.63) is 47.5 Å². The highest BCUT2D eigenvalue weighted by Gasteiger charge is 2.32. The number of urea groups is 1. The average molecular weight is 442 g/mol. The van der Waals surface area contributed by atoms with E-state index in [1.54, 1.807) is 26.0 Å². The summed E-state index contributed by atoms with van der Waals surface area (Å²) >= 11 is 0. The minimum Gasteiger partial charge on any atom is -0.494 e. The fourth-order valence-electron chi connectivity index (χ4n) is 3.82. The largest absolute Gasteiger partial charge is 0.494 e. The van der Waals surface area contributed by atoms with Crippen LogP contribution in [0.2, 0.25) is 0 Å². The summed E-state index contributed by atoms with van der Waals surface area (Å²) in [5, 5.41) is 5.89. The highest BCUT2D eigenvalue weighted by molar-refractivity contribution is 5.90. The molecule has 1 aliphatic heterocycles. The molecule has 1 heterocycles. The number of fused-ring (bicyclic) bond motifs is 1. The Morgan fingerprint density at radius 1 is 1.06 bits per heavy atom. The predicted molar refractivity (Wildman–Crippen MR) is 123 cm³/mol. The van der Waals surface area contributed by atoms with Crippen LogP contribution in [0.25, 0.3) is 0 Å². The minimum atomic E-state index is -0.336. The number of anilines is 1. The molecule has 32 heavy (non-hydrogen) atoms. The van der Waals surface area contributed by atoms with Crippen LogP contribution >= 0.6 is 0 Å². The van der Waals surface area contributed by atoms with E-state index in [-0.39, 0.29) is 18.0 Å². The number of methoxy groups -OCH3 is 2. The summed E-state index contributed by atoms with van der Waals surface area (Å²) in [6.07, 6.45) is 1.05. The van der Waals surface area contributed by atoms with Crippen molar-refractivity contribution in [2.24, 2.45) is 0 Å². The van der Waals surface area contributed by atoms with Crippen LogP contribution < -0.4 is 24.8 Å². The summed E-state index contributed by atoms with van der Waals surface area (Å²) in [4.78, 5) is 26.9. The van der Waals surface area contributed by atoms with Gasteiger partial charge in [0.2, 0.25) is 5.91 Å². The Morgan fingerprint density at radius 2 is 1.75 bits per heavy atom. The van der Waals surface area contributed by atoms with Crippen molar-refractivity contribution in [3.8, 4) is 17.2 Å². The summed E-state index contributed by atoms with van der Waals surface area (Å²) in [6, 6.07) is 10.5. The number of ether oxygens (including phenoxy) is 3. The molecule has 0 saturated carbocycles. The third-order valence-corrected chi connectivity index (χ3v) is 5.49. The zero-order chi connectivity index (χ0) is 23.1. The molecule has 8 heteroatoms. The summed E-state index contributed by atoms with van der Waals surface area (Å²) in [7, 11) is 3.18. The number of amides is 3. The van der Waals surface area contributed by atoms with Crippen LogP contribution in [-0.4, -0.2) is 50.8 Å². The van der Waals surface area contributed by atoms with Crippen molar-refractivity contribution < 1.29 is 23.8 Å². The molecule has 0 bridgehead atoms. The van der Waals surface area contributed by atoms with Crippen molar-refractivity contribution in [3.63, 3.8) is 0 Å². The van der Waals surface area contributed by atoms with Crippen LogP contribution in [-0.2, 0) is 11.2 Å². The topological polar surface area (TPSA) is 89.1 Å². The molecule has 3 rings (SSSR count). The predicted octanol–water partition coefficient (Wildman–Crippen LogP) is 3.76. The number of nitrogens with one attached hydrogen (secondary N) is 2. The molecule has 3 amide bonds. The van der Waals surface area contributed by atoms with Gasteiger partial charge >= 0.3 is 6.03 Å². The lowest BCUT2D eigenvalue weighted by Gasteiger charge is -2.38. The molecule has 8 nitrogen and oxygen atoms in total. The lowest BCUT2D eigenvalue weighted by molar-refractivity contribution is -0.121. The van der Waals surface area contributed by atoms with Gasteiger partial charge in [-0.25, -0.2) is 4.79 Å². The molecule has 0 radical (unpaired) electrons. The first-order valence-corrected chi connectivity index (χ1v) is 10.8. The highest BCUT2D eigenvalue weighted by Crippen LogP contribution is 2.38. The fourth-order valence-corrected chi connectivity index (χ4v) is 3.82. The lowest BCUT2D eigenvalue weighted by atomic mass is 9.91. The Bertz CT molecular complexity index is 945. The van der Waals surface area contributed by atoms with Gasteiger partial charge < -0.3 is 29.7 Å². The maximum absolute atomic E-state index is 13.2. The van der Waals surface area contributed by atoms with Gasteiger partial charge in [0, 0.05) is 25.2 Å². The van der Waals surface area contributed by atoms with Gasteiger partial charge in [0.1, 0.15) is 5.75 Å². The SMILES string of the molecule is CCOc1ccc(NC(=O)N2CCc3cc(OC)c(OC)cc3[C@@H]2CNC(=O)CC)cc1. The van der Waals surface area contributed by atoms with Gasteiger partial charge in [0.05, 0.1) is 26.9 Å². The van der Waals surface area contributed by atoms with E-state index in [9.17, 15) is 9.59 Å². The summed E-state index contributed by atoms with van der Waals surface area (Å²) in [5.41, 5.74) is 2.68. The van der Waals surface area contributed by atoms with Crippen molar-refractivity contribution in [1.29, 1.82) is 0 Å². The smallest absolute Gasteiger partial charge is 0.322 e. The second-order valence-electron chi connectivity index (χ2n) is 7.41. The van der Waals surface area contributed by atoms with Gasteiger partial charge in [-0.1, -0.05) is 6.92 Å². The minimum absolute atomic E-state index is 0.0653. The number of hydrogen-bond acceptors (Lipinski definition) is 5. The normalized spacial score (nSPS) is 14.9. The Labute approximate surface area is 188 Å². The molecule has 0 spiro atoms. The first kappa shape index (κ1) is 23.2. The molecule has 172 valence electrons. The molecular weight excluding hydrogens is 410 g/mol. The van der Waals surface area contributed by atoms with E-state index in [4.69, 9.17) is 14.2 Å². The molecule has 1 aliphatic rings. The lowest BCUT2D eigenvalue weighted by Crippen LogP contribution is -2.46. The van der Waals surface area contributed by atoms with Crippen molar-refractivity contribution in [1.82, 2.24) is 10.2 Å². The van der Waals surface area contributed by atoms with Crippen molar-refractivity contribution in [2.45, 2.75) is 32.7 Å². The Kier molecular flexibility index (Phi) is 7.81. The molecule has 2 N–H and O–H groups in total. The molecule has 0 aromatic heterocycles. The van der Waals surface area contributed by atoms with E-state index in [1.165, 1.54) is 0 Å². The number of carbonyl (C=O) groups excluding carboxylic acids is 2. The molecule has 0 unspecified atom stereocenters. The standard InChI is InChI=1S/C24H31N3O5/c1-5-23(28)25-15-20-19-14-22(31-4)21(30-3)13-16(19)11-12-27(20)24(29)26-17-7-9-18(10-8-17)32-6-2/h7-10,13-14,20H,5-6,11-12,15H2,1-4H3,(H,25,28)(H,26,29)/t20-/m0/s1. The molecule has 2 aromatic carbocycles. The monoisotopic (exact) mass is 441 g/mol. The summed E-state index contributed by atoms with van der Waals surface area (Å²) in [5.74, 6) is 1.92. The maximum Gasteiger partial charge on any atom is 0.322 e. The summed E-state index contributed by atoms with van der Waals surface area (Å²) in [6.45, 7) is 5.13. The van der Waals surface area contributed by atoms with Gasteiger partial charge in [-0.2, -0.15) is 0 Å². The number of carbonyl (C=O) groups is 2. The molecule has 1 atom stereocenters. The Balaban J connectivity index is 1.86. The number of benzene rings is 2. The van der Waals surface area contributed by atoms with Crippen LogP contribution in [0.15, 0.2) is 36.4 Å². The van der Waals surface area contributed by atoms with Crippen molar-refractivity contribution in [2.75, 3.05) is 39.2 Å². The second-order valence-corrected chi connectivity index (χ2v) is 7.41. The number of nitrogens with zero attached hydrogens (tertiary/aromatic N) is 1. The molecular formula is C24H31N3O5. The first-order valence-electron chi connectivity index (χ1n) is 10.8. The third kappa shape index (κ3) is 5.25. The van der Waals surface area contributed by atoms with Crippen LogP contribution in [0.1, 0.15) is 37.4 Å². The molecule has 0 saturated heterocycles. The van der Waals surface area contributed by atoms with Gasteiger partial charge in [-0.15, -0.1) is 0 Å². The summed E-state index contributed by atoms with van der Waals surface area (Å²) < 4.78 is 16.4. The number of hydrogen-bond donors (Lipinski definition) is 2. The van der Waals surface area contributed by atoms with Gasteiger partial charge in [-0.05, 0) is 60.9 Å². The fraction of sp³-hybridized carbons (Fsp3) is 0.417. The van der Waals surface area contributed by atoms with Gasteiger partial charge in [0.25, 0.3) is 0 Å².